The molecule has 0 aliphatic carbocycles. The van der Waals surface area contributed by atoms with Gasteiger partial charge in [0.2, 0.25) is 0 Å². The molecule has 0 aromatic carbocycles. The molecule has 0 saturated carbocycles. The van der Waals surface area contributed by atoms with E-state index in [9.17, 15) is 23.1 Å². The second-order valence-corrected chi connectivity index (χ2v) is 5.18. The number of hydrogen-bond donors (Lipinski definition) is 2. The summed E-state index contributed by atoms with van der Waals surface area (Å²) in [5, 5.41) is 12.1. The Balaban J connectivity index is 2.13. The maximum atomic E-state index is 12.1. The number of carbonyl (C=O) groups is 1. The van der Waals surface area contributed by atoms with Gasteiger partial charge in [-0.3, -0.25) is 4.90 Å². The topological polar surface area (TPSA) is 55.8 Å². The van der Waals surface area contributed by atoms with Gasteiger partial charge in [0, 0.05) is 19.6 Å². The van der Waals surface area contributed by atoms with Crippen molar-refractivity contribution < 1.29 is 23.1 Å². The lowest BCUT2D eigenvalue weighted by Gasteiger charge is -2.30. The summed E-state index contributed by atoms with van der Waals surface area (Å²) in [5.41, 5.74) is 0. The predicted molar refractivity (Wildman–Crippen MR) is 68.4 cm³/mol. The summed E-state index contributed by atoms with van der Waals surface area (Å²) >= 11 is 0. The third-order valence-electron chi connectivity index (χ3n) is 3.13. The average molecular weight is 297 g/mol. The molecule has 1 heterocycles. The van der Waals surface area contributed by atoms with Crippen molar-refractivity contribution in [3.8, 4) is 0 Å². The molecule has 20 heavy (non-hydrogen) atoms. The summed E-state index contributed by atoms with van der Waals surface area (Å²) in [6.45, 7) is 0.575. The van der Waals surface area contributed by atoms with Gasteiger partial charge in [-0.1, -0.05) is 0 Å². The number of nitrogens with one attached hydrogen (secondary N) is 1. The van der Waals surface area contributed by atoms with E-state index in [1.54, 1.807) is 0 Å². The molecule has 8 heteroatoms. The second kappa shape index (κ2) is 7.68. The normalized spacial score (nSPS) is 20.3. The average Bonchev–Trinajstić information content (AvgIpc) is 2.32. The molecule has 1 atom stereocenters. The number of β-amino-alcohol motifs (C(OH)–C–C–N with tert-alkyl or cyclic N) is 1. The van der Waals surface area contributed by atoms with Gasteiger partial charge in [-0.25, -0.2) is 4.79 Å². The molecule has 1 saturated heterocycles. The minimum Gasteiger partial charge on any atom is -0.391 e. The third-order valence-corrected chi connectivity index (χ3v) is 3.13. The van der Waals surface area contributed by atoms with Gasteiger partial charge in [0.15, 0.2) is 0 Å². The van der Waals surface area contributed by atoms with Gasteiger partial charge >= 0.3 is 12.2 Å². The highest BCUT2D eigenvalue weighted by molar-refractivity contribution is 5.74. The number of likely N-dealkylation sites (tertiary alicyclic amines) is 1. The lowest BCUT2D eigenvalue weighted by molar-refractivity contribution is -0.143. The van der Waals surface area contributed by atoms with Crippen LogP contribution in [-0.2, 0) is 0 Å². The molecule has 2 amide bonds. The first-order chi connectivity index (χ1) is 9.28. The maximum absolute atomic E-state index is 12.1. The van der Waals surface area contributed by atoms with Gasteiger partial charge in [-0.2, -0.15) is 13.2 Å². The number of rotatable bonds is 5. The fourth-order valence-corrected chi connectivity index (χ4v) is 2.18. The monoisotopic (exact) mass is 297 g/mol. The molecular formula is C12H22F3N3O2. The summed E-state index contributed by atoms with van der Waals surface area (Å²) in [7, 11) is 1.40. The Morgan fingerprint density at radius 1 is 1.50 bits per heavy atom. The Morgan fingerprint density at radius 2 is 2.20 bits per heavy atom. The van der Waals surface area contributed by atoms with Crippen molar-refractivity contribution in [2.45, 2.75) is 31.5 Å². The van der Waals surface area contributed by atoms with E-state index in [0.29, 0.717) is 32.5 Å². The summed E-state index contributed by atoms with van der Waals surface area (Å²) in [4.78, 5) is 14.4. The molecule has 0 spiro atoms. The smallest absolute Gasteiger partial charge is 0.391 e. The number of nitrogens with zero attached hydrogens (tertiary/aromatic N) is 2. The molecule has 2 N–H and O–H groups in total. The largest absolute Gasteiger partial charge is 0.401 e. The first kappa shape index (κ1) is 17.0. The quantitative estimate of drug-likeness (QED) is 0.746. The van der Waals surface area contributed by atoms with Crippen LogP contribution in [0.3, 0.4) is 0 Å². The molecular weight excluding hydrogens is 275 g/mol. The molecule has 0 aromatic rings. The number of aliphatic hydroxyl groups is 1. The van der Waals surface area contributed by atoms with Gasteiger partial charge in [-0.05, 0) is 32.9 Å². The third kappa shape index (κ3) is 6.95. The van der Waals surface area contributed by atoms with Crippen molar-refractivity contribution in [3.63, 3.8) is 0 Å². The number of carbonyl (C=O) groups excluding carboxylic acids is 1. The molecule has 0 radical (unpaired) electrons. The molecule has 5 nitrogen and oxygen atoms in total. The Hall–Kier alpha value is -1.02. The molecule has 1 rings (SSSR count). The fourth-order valence-electron chi connectivity index (χ4n) is 2.18. The van der Waals surface area contributed by atoms with E-state index < -0.39 is 18.8 Å². The molecule has 0 bridgehead atoms. The fraction of sp³-hybridized carbons (Fsp3) is 0.917. The zero-order valence-corrected chi connectivity index (χ0v) is 11.6. The molecule has 0 aromatic heterocycles. The van der Waals surface area contributed by atoms with Crippen molar-refractivity contribution in [1.82, 2.24) is 15.1 Å². The first-order valence-electron chi connectivity index (χ1n) is 6.74. The molecule has 1 aliphatic rings. The zero-order chi connectivity index (χ0) is 15.2. The Bertz CT molecular complexity index is 313. The van der Waals surface area contributed by atoms with Gasteiger partial charge in [0.05, 0.1) is 12.6 Å². The highest BCUT2D eigenvalue weighted by atomic mass is 19.4. The van der Waals surface area contributed by atoms with Crippen LogP contribution in [-0.4, -0.2) is 73.0 Å². The Labute approximate surface area is 116 Å². The summed E-state index contributed by atoms with van der Waals surface area (Å²) in [5.74, 6) is 0. The van der Waals surface area contributed by atoms with Crippen LogP contribution in [0.5, 0.6) is 0 Å². The minimum absolute atomic E-state index is 0.262. The van der Waals surface area contributed by atoms with E-state index >= 15 is 0 Å². The van der Waals surface area contributed by atoms with E-state index in [4.69, 9.17) is 0 Å². The first-order valence-corrected chi connectivity index (χ1v) is 6.74. The van der Waals surface area contributed by atoms with Gasteiger partial charge < -0.3 is 15.3 Å². The number of piperidine rings is 1. The zero-order valence-electron chi connectivity index (χ0n) is 11.6. The highest BCUT2D eigenvalue weighted by Gasteiger charge is 2.28. The van der Waals surface area contributed by atoms with Crippen molar-refractivity contribution in [3.05, 3.63) is 0 Å². The summed E-state index contributed by atoms with van der Waals surface area (Å²) < 4.78 is 36.2. The van der Waals surface area contributed by atoms with Crippen LogP contribution >= 0.6 is 0 Å². The molecule has 118 valence electrons. The van der Waals surface area contributed by atoms with E-state index in [2.05, 4.69) is 5.32 Å². The predicted octanol–water partition coefficient (Wildman–Crippen LogP) is 1.04. The van der Waals surface area contributed by atoms with E-state index in [-0.39, 0.29) is 12.6 Å². The number of amides is 2. The van der Waals surface area contributed by atoms with E-state index in [1.807, 2.05) is 0 Å². The van der Waals surface area contributed by atoms with E-state index in [1.165, 1.54) is 16.8 Å². The Morgan fingerprint density at radius 3 is 2.80 bits per heavy atom. The van der Waals surface area contributed by atoms with E-state index in [0.717, 1.165) is 6.42 Å². The number of hydrogen-bond acceptors (Lipinski definition) is 3. The SMILES string of the molecule is CN(CCCNC(=O)N1CCCC(O)C1)CC(F)(F)F. The van der Waals surface area contributed by atoms with Crippen LogP contribution < -0.4 is 5.32 Å². The summed E-state index contributed by atoms with van der Waals surface area (Å²) in [6, 6.07) is -0.262. The lowest BCUT2D eigenvalue weighted by Crippen LogP contribution is -2.47. The maximum Gasteiger partial charge on any atom is 0.401 e. The van der Waals surface area contributed by atoms with Crippen LogP contribution in [0.25, 0.3) is 0 Å². The number of alkyl halides is 3. The van der Waals surface area contributed by atoms with Gasteiger partial charge in [0.25, 0.3) is 0 Å². The van der Waals surface area contributed by atoms with Crippen molar-refractivity contribution in [2.75, 3.05) is 39.8 Å². The van der Waals surface area contributed by atoms with Crippen LogP contribution in [0.15, 0.2) is 0 Å². The van der Waals surface area contributed by atoms with Gasteiger partial charge in [-0.15, -0.1) is 0 Å². The van der Waals surface area contributed by atoms with Gasteiger partial charge in [0.1, 0.15) is 0 Å². The molecule has 1 fully saturated rings. The molecule has 1 aliphatic heterocycles. The van der Waals surface area contributed by atoms with Crippen LogP contribution in [0.4, 0.5) is 18.0 Å². The molecule has 1 unspecified atom stereocenters. The van der Waals surface area contributed by atoms with Crippen LogP contribution in [0, 0.1) is 0 Å². The van der Waals surface area contributed by atoms with Crippen LogP contribution in [0.1, 0.15) is 19.3 Å². The van der Waals surface area contributed by atoms with Crippen LogP contribution in [0.2, 0.25) is 0 Å². The van der Waals surface area contributed by atoms with Crippen molar-refractivity contribution in [2.24, 2.45) is 0 Å². The standard InChI is InChI=1S/C12H22F3N3O2/c1-17(9-12(13,14)15)6-3-5-16-11(20)18-7-2-4-10(19)8-18/h10,19H,2-9H2,1H3,(H,16,20). The highest BCUT2D eigenvalue weighted by Crippen LogP contribution is 2.15. The second-order valence-electron chi connectivity index (χ2n) is 5.18. The number of aliphatic hydroxyl groups excluding tert-OH is 1. The van der Waals surface area contributed by atoms with Crippen molar-refractivity contribution >= 4 is 6.03 Å². The van der Waals surface area contributed by atoms with Crippen molar-refractivity contribution in [1.29, 1.82) is 0 Å². The number of urea groups is 1. The summed E-state index contributed by atoms with van der Waals surface area (Å²) in [6.07, 6.45) is -2.75. The minimum atomic E-state index is -4.19. The lowest BCUT2D eigenvalue weighted by atomic mass is 10.1. The number of halogens is 3. The Kier molecular flexibility index (Phi) is 6.54.